The van der Waals surface area contributed by atoms with Crippen molar-refractivity contribution < 1.29 is 70.4 Å². The first kappa shape index (κ1) is 106. The molecule has 0 saturated carbocycles. The molecule has 0 unspecified atom stereocenters. The number of unbranched alkanes of at least 4 members (excludes halogenated alkanes) is 32. The highest BCUT2D eigenvalue weighted by Crippen LogP contribution is 2.20. The van der Waals surface area contributed by atoms with Gasteiger partial charge in [0.05, 0.1) is 6.10 Å². The first-order valence-electron chi connectivity index (χ1n) is 42.3. The zero-order valence-corrected chi connectivity index (χ0v) is 68.7. The van der Waals surface area contributed by atoms with E-state index in [0.717, 1.165) is 200 Å². The van der Waals surface area contributed by atoms with Gasteiger partial charge in [0.15, 0.2) is 6.10 Å². The van der Waals surface area contributed by atoms with E-state index in [9.17, 15) is 59.8 Å². The number of amides is 3. The van der Waals surface area contributed by atoms with E-state index >= 15 is 0 Å². The molecule has 0 aliphatic rings. The molecule has 0 rings (SSSR count). The van der Waals surface area contributed by atoms with Crippen molar-refractivity contribution in [3.8, 4) is 0 Å². The molecule has 0 spiro atoms. The number of carbonyl (C=O) groups excluding carboxylic acids is 3. The molecule has 29 heteroatoms. The van der Waals surface area contributed by atoms with Crippen LogP contribution in [-0.4, -0.2) is 269 Å². The van der Waals surface area contributed by atoms with E-state index in [4.69, 9.17) is 5.11 Å². The van der Waals surface area contributed by atoms with Gasteiger partial charge in [-0.1, -0.05) is 200 Å². The fourth-order valence-corrected chi connectivity index (χ4v) is 13.2. The van der Waals surface area contributed by atoms with E-state index in [1.807, 2.05) is 44.3 Å². The van der Waals surface area contributed by atoms with Gasteiger partial charge in [0.2, 0.25) is 11.8 Å². The Morgan fingerprint density at radius 2 is 0.635 bits per heavy atom. The van der Waals surface area contributed by atoms with Crippen molar-refractivity contribution in [2.45, 2.75) is 356 Å². The smallest absolute Gasteiger partial charge is 0.376 e. The fourth-order valence-electron chi connectivity index (χ4n) is 13.2. The number of aliphatic hydroxyl groups is 4. The van der Waals surface area contributed by atoms with E-state index in [-0.39, 0.29) is 36.2 Å². The molecule has 3 amide bonds. The van der Waals surface area contributed by atoms with Crippen LogP contribution in [0, 0.1) is 5.92 Å². The highest BCUT2D eigenvalue weighted by molar-refractivity contribution is 6.46. The molecule has 104 heavy (non-hydrogen) atoms. The summed E-state index contributed by atoms with van der Waals surface area (Å²) in [5.41, 5.74) is 0. The van der Waals surface area contributed by atoms with Gasteiger partial charge in [0.25, 0.3) is 5.91 Å². The molecule has 0 bridgehead atoms. The van der Waals surface area contributed by atoms with Crippen molar-refractivity contribution in [2.75, 3.05) is 106 Å². The third-order valence-electron chi connectivity index (χ3n) is 20.6. The minimum atomic E-state index is -1.70. The summed E-state index contributed by atoms with van der Waals surface area (Å²) in [4.78, 5) is 48.0. The van der Waals surface area contributed by atoms with Crippen LogP contribution in [0.2, 0.25) is 40.9 Å². The second kappa shape index (κ2) is 75.2. The minimum absolute atomic E-state index is 0. The van der Waals surface area contributed by atoms with Crippen LogP contribution < -0.4 is 16.0 Å². The maximum Gasteiger partial charge on any atom is 0.376 e. The second-order valence-corrected chi connectivity index (χ2v) is 30.4. The maximum atomic E-state index is 12.1. The molecule has 612 valence electrons. The zero-order valence-electron chi connectivity index (χ0n) is 68.7. The molecule has 0 aliphatic carbocycles. The lowest BCUT2D eigenvalue weighted by molar-refractivity contribution is -0.141. The predicted octanol–water partition coefficient (Wildman–Crippen LogP) is 9.13. The van der Waals surface area contributed by atoms with Crippen molar-refractivity contribution in [1.82, 2.24) is 44.8 Å². The van der Waals surface area contributed by atoms with Crippen LogP contribution in [0.5, 0.6) is 0 Å². The van der Waals surface area contributed by atoms with Gasteiger partial charge < -0.3 is 101 Å². The summed E-state index contributed by atoms with van der Waals surface area (Å²) in [6.45, 7) is 24.1. The molecule has 0 radical (unpaired) electrons. The Bertz CT molecular complexity index is 1830. The standard InChI is InChI=1S/C40H80N2O6.C35H83B6N7O7.H2O/c1-2-3-4-5-6-7-8-9-10-11-12-13-14-15-16-17-20-23-26-29-33-41-37(45)31-28-25-22-19-18-21-24-27-30-34-42-40(48)39(47)38(46)36(44)32-35-43;1-10-21-35(49)42-23-14-12-11-13-22-34(32-47(40(6)54)28-17-15-26-45(38(4)52)30-19-24-43(8)36(2)50)33-48(41(7)55)29-18-16-27-46(39(5)53)31-20-25-44(9)37(3)51;/h36,38-39,43-44,46-47H,2-35H2,1H3,(H,41,45)(H,42,48);34,50-55H,10-33H2,1-9H3,(H,42,49);1H2/t36-,38+,39-;;/m1../s1. The summed E-state index contributed by atoms with van der Waals surface area (Å²) < 4.78 is 0. The Kier molecular flexibility index (Phi) is 76.8. The van der Waals surface area contributed by atoms with E-state index in [0.29, 0.717) is 25.9 Å². The molecule has 0 aliphatic heterocycles. The van der Waals surface area contributed by atoms with Crippen LogP contribution in [0.3, 0.4) is 0 Å². The second-order valence-electron chi connectivity index (χ2n) is 30.4. The quantitative estimate of drug-likeness (QED) is 0.0199. The van der Waals surface area contributed by atoms with E-state index in [1.165, 1.54) is 135 Å². The van der Waals surface area contributed by atoms with Gasteiger partial charge >= 0.3 is 42.3 Å². The maximum absolute atomic E-state index is 12.1. The molecule has 0 saturated heterocycles. The Labute approximate surface area is 639 Å². The SMILES string of the molecule is CCCC(=O)NCCCCCCC(CN(CCCCN(CCCN(C)B(C)O)B(C)O)B(C)O)CN(CCCCN(CCCN(C)B(C)O)B(C)O)B(C)O.CCCCCCCCCCCCCCCCCCCCCCNC(=O)CCCCCCCCCCCNC(=O)[C@H](O)[C@@H](O)[C@H](O)CCO.O. The summed E-state index contributed by atoms with van der Waals surface area (Å²) in [5, 5.41) is 109. The molecular formula is C75H165B6N9O14. The molecule has 23 nitrogen and oxygen atoms in total. The number of hydrogen-bond donors (Lipinski definition) is 13. The Balaban J connectivity index is -0.00000196. The lowest BCUT2D eigenvalue weighted by Gasteiger charge is -2.33. The van der Waals surface area contributed by atoms with Gasteiger partial charge in [-0.05, 0) is 210 Å². The normalized spacial score (nSPS) is 12.5. The van der Waals surface area contributed by atoms with E-state index in [2.05, 4.69) is 42.1 Å². The highest BCUT2D eigenvalue weighted by Gasteiger charge is 2.30. The monoisotopic (exact) mass is 1480 g/mol. The Morgan fingerprint density at radius 1 is 0.337 bits per heavy atom. The van der Waals surface area contributed by atoms with Gasteiger partial charge in [-0.2, -0.15) is 0 Å². The van der Waals surface area contributed by atoms with Gasteiger partial charge in [0.1, 0.15) is 6.10 Å². The van der Waals surface area contributed by atoms with Crippen LogP contribution >= 0.6 is 0 Å². The number of rotatable bonds is 75. The van der Waals surface area contributed by atoms with Crippen LogP contribution in [0.15, 0.2) is 0 Å². The third-order valence-corrected chi connectivity index (χ3v) is 20.6. The molecule has 0 fully saturated rings. The largest absolute Gasteiger partial charge is 0.437 e. The average Bonchev–Trinajstić information content (AvgIpc) is 0.904. The average molecular weight is 1480 g/mol. The summed E-state index contributed by atoms with van der Waals surface area (Å²) in [5.74, 6) is -0.141. The molecule has 3 atom stereocenters. The lowest BCUT2D eigenvalue weighted by Crippen LogP contribution is -2.47. The summed E-state index contributed by atoms with van der Waals surface area (Å²) in [6, 6.07) is 0. The molecule has 0 heterocycles. The Morgan fingerprint density at radius 3 is 0.962 bits per heavy atom. The zero-order chi connectivity index (χ0) is 77.1. The van der Waals surface area contributed by atoms with Gasteiger partial charge in [0, 0.05) is 39.1 Å². The molecule has 0 aromatic heterocycles. The lowest BCUT2D eigenvalue weighted by atomic mass is 9.80. The number of nitrogens with zero attached hydrogens (tertiary/aromatic N) is 6. The summed E-state index contributed by atoms with van der Waals surface area (Å²) in [6.07, 6.45) is 44.9. The van der Waals surface area contributed by atoms with E-state index < -0.39 is 66.5 Å². The number of nitrogens with one attached hydrogen (secondary N) is 3. The van der Waals surface area contributed by atoms with Crippen molar-refractivity contribution in [1.29, 1.82) is 0 Å². The Hall–Kier alpha value is -1.88. The first-order valence-corrected chi connectivity index (χ1v) is 42.3. The minimum Gasteiger partial charge on any atom is -0.437 e. The summed E-state index contributed by atoms with van der Waals surface area (Å²) in [7, 11) is 0.479. The van der Waals surface area contributed by atoms with Gasteiger partial charge in [-0.15, -0.1) is 0 Å². The molecule has 15 N–H and O–H groups in total. The topological polar surface area (TPSA) is 341 Å². The molecule has 0 aromatic rings. The molecular weight excluding hydrogens is 1320 g/mol. The molecule has 0 aromatic carbocycles. The van der Waals surface area contributed by atoms with Crippen LogP contribution in [0.1, 0.15) is 296 Å². The summed E-state index contributed by atoms with van der Waals surface area (Å²) >= 11 is 0. The van der Waals surface area contributed by atoms with Crippen molar-refractivity contribution in [3.63, 3.8) is 0 Å². The van der Waals surface area contributed by atoms with Crippen molar-refractivity contribution in [3.05, 3.63) is 0 Å². The van der Waals surface area contributed by atoms with Crippen LogP contribution in [0.4, 0.5) is 0 Å². The highest BCUT2D eigenvalue weighted by atomic mass is 16.4. The van der Waals surface area contributed by atoms with E-state index in [1.54, 1.807) is 27.3 Å². The fraction of sp³-hybridized carbons (Fsp3) is 0.960. The predicted molar refractivity (Wildman–Crippen MR) is 440 cm³/mol. The van der Waals surface area contributed by atoms with Gasteiger partial charge in [-0.25, -0.2) is 0 Å². The first-order chi connectivity index (χ1) is 49.4. The van der Waals surface area contributed by atoms with Crippen LogP contribution in [-0.2, 0) is 14.4 Å². The van der Waals surface area contributed by atoms with Gasteiger partial charge in [-0.3, -0.25) is 14.4 Å². The third kappa shape index (κ3) is 66.0. The number of hydrogen-bond acceptors (Lipinski definition) is 19. The van der Waals surface area contributed by atoms with Crippen molar-refractivity contribution in [2.24, 2.45) is 5.92 Å². The van der Waals surface area contributed by atoms with Crippen molar-refractivity contribution >= 4 is 60.0 Å². The number of carbonyl (C=O) groups is 3. The number of aliphatic hydroxyl groups excluding tert-OH is 4. The van der Waals surface area contributed by atoms with Crippen LogP contribution in [0.25, 0.3) is 0 Å².